The molecule has 2 N–H and O–H groups in total. The Labute approximate surface area is 161 Å². The Morgan fingerprint density at radius 1 is 1.07 bits per heavy atom. The number of nitrogens with one attached hydrogen (secondary N) is 1. The van der Waals surface area contributed by atoms with Crippen LogP contribution in [0.1, 0.15) is 11.1 Å². The Hall–Kier alpha value is -2.08. The fourth-order valence-corrected chi connectivity index (χ4v) is 3.39. The zero-order valence-corrected chi connectivity index (χ0v) is 16.1. The quantitative estimate of drug-likeness (QED) is 0.708. The van der Waals surface area contributed by atoms with E-state index in [1.807, 2.05) is 30.3 Å². The van der Waals surface area contributed by atoms with Gasteiger partial charge in [0.25, 0.3) is 0 Å². The van der Waals surface area contributed by atoms with E-state index >= 15 is 0 Å². The fraction of sp³-hybridized carbons (Fsp3) is 0.455. The summed E-state index contributed by atoms with van der Waals surface area (Å²) >= 11 is 0. The molecule has 0 aromatic heterocycles. The van der Waals surface area contributed by atoms with Crippen LogP contribution in [0.5, 0.6) is 11.5 Å². The molecular weight excluding hydrogens is 340 g/mol. The van der Waals surface area contributed by atoms with Crippen LogP contribution in [0.15, 0.2) is 48.5 Å². The Morgan fingerprint density at radius 2 is 1.89 bits per heavy atom. The van der Waals surface area contributed by atoms with Gasteiger partial charge in [0.15, 0.2) is 0 Å². The Kier molecular flexibility index (Phi) is 7.51. The maximum atomic E-state index is 10.3. The Balaban J connectivity index is 1.52. The third kappa shape index (κ3) is 6.24. The molecule has 1 atom stereocenters. The fourth-order valence-electron chi connectivity index (χ4n) is 3.39. The number of hydrogen-bond donors (Lipinski definition) is 2. The first-order valence-corrected chi connectivity index (χ1v) is 9.69. The summed E-state index contributed by atoms with van der Waals surface area (Å²) in [5.74, 6) is 1.74. The van der Waals surface area contributed by atoms with E-state index in [0.29, 0.717) is 13.2 Å². The highest BCUT2D eigenvalue weighted by Gasteiger charge is 2.15. The third-order valence-corrected chi connectivity index (χ3v) is 4.90. The lowest BCUT2D eigenvalue weighted by Crippen LogP contribution is -2.47. The summed E-state index contributed by atoms with van der Waals surface area (Å²) in [6.45, 7) is 4.91. The van der Waals surface area contributed by atoms with E-state index in [2.05, 4.69) is 28.4 Å². The molecule has 5 nitrogen and oxygen atoms in total. The van der Waals surface area contributed by atoms with E-state index in [1.165, 1.54) is 5.56 Å². The van der Waals surface area contributed by atoms with Gasteiger partial charge in [0, 0.05) is 32.7 Å². The number of piperazine rings is 1. The number of para-hydroxylation sites is 1. The van der Waals surface area contributed by atoms with Gasteiger partial charge in [-0.1, -0.05) is 30.3 Å². The molecule has 0 aliphatic carbocycles. The molecule has 3 rings (SSSR count). The van der Waals surface area contributed by atoms with E-state index < -0.39 is 6.10 Å². The number of aliphatic hydroxyl groups is 1. The van der Waals surface area contributed by atoms with Crippen molar-refractivity contribution in [1.82, 2.24) is 10.2 Å². The first kappa shape index (κ1) is 19.7. The number of aliphatic hydroxyl groups excluding tert-OH is 1. The second-order valence-electron chi connectivity index (χ2n) is 6.97. The first-order valence-electron chi connectivity index (χ1n) is 9.69. The maximum absolute atomic E-state index is 10.3. The summed E-state index contributed by atoms with van der Waals surface area (Å²) in [7, 11) is 1.69. The molecule has 1 heterocycles. The summed E-state index contributed by atoms with van der Waals surface area (Å²) in [4.78, 5) is 2.28. The molecule has 2 aromatic rings. The lowest BCUT2D eigenvalue weighted by atomic mass is 10.0. The van der Waals surface area contributed by atoms with E-state index in [9.17, 15) is 5.11 Å². The van der Waals surface area contributed by atoms with Crippen LogP contribution in [-0.4, -0.2) is 62.6 Å². The molecule has 146 valence electrons. The van der Waals surface area contributed by atoms with Crippen LogP contribution in [-0.2, 0) is 12.8 Å². The molecule has 1 fully saturated rings. The standard InChI is InChI=1S/C22H30N2O3/c1-26-21-7-4-5-18(15-21)9-10-19-6-2-3-8-22(19)27-17-20(25)16-24-13-11-23-12-14-24/h2-8,15,20,23,25H,9-14,16-17H2,1H3/t20-/m0/s1. The largest absolute Gasteiger partial charge is 0.497 e. The molecule has 0 bridgehead atoms. The number of benzene rings is 2. The predicted octanol–water partition coefficient (Wildman–Crippen LogP) is 2.13. The predicted molar refractivity (Wildman–Crippen MR) is 108 cm³/mol. The lowest BCUT2D eigenvalue weighted by Gasteiger charge is -2.29. The number of nitrogens with zero attached hydrogens (tertiary/aromatic N) is 1. The molecule has 1 aliphatic heterocycles. The molecule has 5 heteroatoms. The van der Waals surface area contributed by atoms with Crippen molar-refractivity contribution >= 4 is 0 Å². The molecule has 27 heavy (non-hydrogen) atoms. The SMILES string of the molecule is COc1cccc(CCc2ccccc2OC[C@@H](O)CN2CCNCC2)c1. The molecular formula is C22H30N2O3. The van der Waals surface area contributed by atoms with E-state index in [0.717, 1.165) is 56.1 Å². The van der Waals surface area contributed by atoms with E-state index in [4.69, 9.17) is 9.47 Å². The van der Waals surface area contributed by atoms with Crippen LogP contribution in [0.3, 0.4) is 0 Å². The molecule has 0 radical (unpaired) electrons. The van der Waals surface area contributed by atoms with Crippen LogP contribution < -0.4 is 14.8 Å². The molecule has 2 aromatic carbocycles. The van der Waals surface area contributed by atoms with Crippen LogP contribution in [0.25, 0.3) is 0 Å². The maximum Gasteiger partial charge on any atom is 0.122 e. The smallest absolute Gasteiger partial charge is 0.122 e. The zero-order valence-electron chi connectivity index (χ0n) is 16.1. The van der Waals surface area contributed by atoms with Crippen molar-refractivity contribution in [2.45, 2.75) is 18.9 Å². The van der Waals surface area contributed by atoms with Gasteiger partial charge in [0.2, 0.25) is 0 Å². The van der Waals surface area contributed by atoms with Crippen molar-refractivity contribution in [3.63, 3.8) is 0 Å². The minimum atomic E-state index is -0.477. The number of ether oxygens (including phenoxy) is 2. The highest BCUT2D eigenvalue weighted by Crippen LogP contribution is 2.21. The number of aryl methyl sites for hydroxylation is 2. The monoisotopic (exact) mass is 370 g/mol. The molecule has 0 spiro atoms. The summed E-state index contributed by atoms with van der Waals surface area (Å²) in [5.41, 5.74) is 2.40. The van der Waals surface area contributed by atoms with Crippen molar-refractivity contribution < 1.29 is 14.6 Å². The van der Waals surface area contributed by atoms with Gasteiger partial charge in [0.1, 0.15) is 24.2 Å². The molecule has 1 aliphatic rings. The second kappa shape index (κ2) is 10.3. The van der Waals surface area contributed by atoms with Crippen molar-refractivity contribution in [3.8, 4) is 11.5 Å². The van der Waals surface area contributed by atoms with Gasteiger partial charge in [0.05, 0.1) is 7.11 Å². The molecule has 0 saturated carbocycles. The minimum Gasteiger partial charge on any atom is -0.497 e. The lowest BCUT2D eigenvalue weighted by molar-refractivity contribution is 0.0638. The van der Waals surface area contributed by atoms with Gasteiger partial charge in [-0.25, -0.2) is 0 Å². The van der Waals surface area contributed by atoms with Gasteiger partial charge in [-0.15, -0.1) is 0 Å². The summed E-state index contributed by atoms with van der Waals surface area (Å²) in [6.07, 6.45) is 1.33. The summed E-state index contributed by atoms with van der Waals surface area (Å²) in [5, 5.41) is 13.6. The van der Waals surface area contributed by atoms with Crippen LogP contribution in [0, 0.1) is 0 Å². The summed E-state index contributed by atoms with van der Waals surface area (Å²) in [6, 6.07) is 16.3. The molecule has 1 saturated heterocycles. The third-order valence-electron chi connectivity index (χ3n) is 4.90. The Bertz CT molecular complexity index is 701. The first-order chi connectivity index (χ1) is 13.2. The highest BCUT2D eigenvalue weighted by atomic mass is 16.5. The number of hydrogen-bond acceptors (Lipinski definition) is 5. The normalized spacial score (nSPS) is 16.1. The number of rotatable bonds is 9. The minimum absolute atomic E-state index is 0.320. The average molecular weight is 370 g/mol. The topological polar surface area (TPSA) is 54.0 Å². The average Bonchev–Trinajstić information content (AvgIpc) is 2.72. The van der Waals surface area contributed by atoms with Crippen LogP contribution >= 0.6 is 0 Å². The van der Waals surface area contributed by atoms with E-state index in [-0.39, 0.29) is 0 Å². The van der Waals surface area contributed by atoms with Gasteiger partial charge in [-0.2, -0.15) is 0 Å². The van der Waals surface area contributed by atoms with Gasteiger partial charge >= 0.3 is 0 Å². The van der Waals surface area contributed by atoms with Crippen molar-refractivity contribution in [3.05, 3.63) is 59.7 Å². The van der Waals surface area contributed by atoms with Crippen molar-refractivity contribution in [2.75, 3.05) is 46.4 Å². The zero-order chi connectivity index (χ0) is 18.9. The van der Waals surface area contributed by atoms with Crippen LogP contribution in [0.2, 0.25) is 0 Å². The van der Waals surface area contributed by atoms with Gasteiger partial charge < -0.3 is 19.9 Å². The van der Waals surface area contributed by atoms with Crippen molar-refractivity contribution in [2.24, 2.45) is 0 Å². The second-order valence-corrected chi connectivity index (χ2v) is 6.97. The Morgan fingerprint density at radius 3 is 2.70 bits per heavy atom. The molecule has 0 amide bonds. The van der Waals surface area contributed by atoms with Crippen LogP contribution in [0.4, 0.5) is 0 Å². The van der Waals surface area contributed by atoms with Crippen molar-refractivity contribution in [1.29, 1.82) is 0 Å². The number of β-amino-alcohol motifs (C(OH)–C–C–N with tert-alkyl or cyclic N) is 1. The highest BCUT2D eigenvalue weighted by molar-refractivity contribution is 5.35. The van der Waals surface area contributed by atoms with E-state index in [1.54, 1.807) is 7.11 Å². The molecule has 0 unspecified atom stereocenters. The summed E-state index contributed by atoms with van der Waals surface area (Å²) < 4.78 is 11.3. The van der Waals surface area contributed by atoms with Gasteiger partial charge in [-0.3, -0.25) is 4.90 Å². The van der Waals surface area contributed by atoms with Gasteiger partial charge in [-0.05, 0) is 42.2 Å². The number of methoxy groups -OCH3 is 1.